The molecule has 0 bridgehead atoms. The molecule has 0 atom stereocenters. The van der Waals surface area contributed by atoms with Gasteiger partial charge in [-0.2, -0.15) is 0 Å². The monoisotopic (exact) mass is 399 g/mol. The molecule has 0 aromatic heterocycles. The highest BCUT2D eigenvalue weighted by atomic mass is 32.1. The van der Waals surface area contributed by atoms with E-state index in [0.29, 0.717) is 30.8 Å². The highest BCUT2D eigenvalue weighted by molar-refractivity contribution is 7.80. The molecule has 0 aliphatic heterocycles. The third-order valence-electron chi connectivity index (χ3n) is 3.91. The van der Waals surface area contributed by atoms with Gasteiger partial charge in [-0.15, -0.1) is 0 Å². The second-order valence-electron chi connectivity index (χ2n) is 6.14. The van der Waals surface area contributed by atoms with Gasteiger partial charge >= 0.3 is 0 Å². The van der Waals surface area contributed by atoms with Crippen LogP contribution >= 0.6 is 12.2 Å². The van der Waals surface area contributed by atoms with Crippen molar-refractivity contribution >= 4 is 29.1 Å². The number of ether oxygens (including phenoxy) is 1. The van der Waals surface area contributed by atoms with E-state index in [1.54, 1.807) is 18.2 Å². The lowest BCUT2D eigenvalue weighted by Gasteiger charge is -2.13. The smallest absolute Gasteiger partial charge is 0.261 e. The average Bonchev–Trinajstić information content (AvgIpc) is 2.72. The molecule has 0 saturated carbocycles. The van der Waals surface area contributed by atoms with Crippen molar-refractivity contribution in [2.45, 2.75) is 32.6 Å². The maximum Gasteiger partial charge on any atom is 0.261 e. The molecule has 0 heterocycles. The molecule has 148 valence electrons. The Hall–Kier alpha value is -2.93. The number of para-hydroxylation sites is 1. The molecular formula is C21H25N3O3S. The predicted octanol–water partition coefficient (Wildman–Crippen LogP) is 3.13. The van der Waals surface area contributed by atoms with Gasteiger partial charge in [0.2, 0.25) is 5.91 Å². The van der Waals surface area contributed by atoms with Gasteiger partial charge in [0.05, 0.1) is 12.2 Å². The molecule has 7 heteroatoms. The van der Waals surface area contributed by atoms with Crippen LogP contribution < -0.4 is 20.9 Å². The van der Waals surface area contributed by atoms with E-state index in [2.05, 4.69) is 23.1 Å². The second kappa shape index (κ2) is 11.7. The highest BCUT2D eigenvalue weighted by Gasteiger charge is 2.13. The number of hydrazine groups is 1. The maximum absolute atomic E-state index is 12.4. The minimum absolute atomic E-state index is 0.0152. The summed E-state index contributed by atoms with van der Waals surface area (Å²) in [7, 11) is 0. The average molecular weight is 400 g/mol. The van der Waals surface area contributed by atoms with Gasteiger partial charge in [-0.05, 0) is 42.8 Å². The molecule has 3 N–H and O–H groups in total. The van der Waals surface area contributed by atoms with E-state index in [1.807, 2.05) is 36.4 Å². The summed E-state index contributed by atoms with van der Waals surface area (Å²) in [6.45, 7) is 2.61. The first-order chi connectivity index (χ1) is 13.6. The molecule has 2 aromatic carbocycles. The summed E-state index contributed by atoms with van der Waals surface area (Å²) in [5.41, 5.74) is 6.50. The van der Waals surface area contributed by atoms with Crippen LogP contribution in [0.4, 0.5) is 0 Å². The van der Waals surface area contributed by atoms with Crippen molar-refractivity contribution < 1.29 is 14.3 Å². The summed E-state index contributed by atoms with van der Waals surface area (Å²) in [5, 5.41) is 2.56. The summed E-state index contributed by atoms with van der Waals surface area (Å²) < 4.78 is 5.66. The minimum atomic E-state index is -0.400. The Morgan fingerprint density at radius 2 is 1.71 bits per heavy atom. The molecule has 0 aliphatic carbocycles. The van der Waals surface area contributed by atoms with Crippen LogP contribution in [0.5, 0.6) is 5.75 Å². The number of unbranched alkanes of at least 4 members (excludes halogenated alkanes) is 1. The molecule has 0 radical (unpaired) electrons. The van der Waals surface area contributed by atoms with Gasteiger partial charge in [0.15, 0.2) is 5.11 Å². The van der Waals surface area contributed by atoms with Gasteiger partial charge in [0, 0.05) is 6.42 Å². The van der Waals surface area contributed by atoms with E-state index < -0.39 is 5.91 Å². The topological polar surface area (TPSA) is 79.5 Å². The van der Waals surface area contributed by atoms with Crippen molar-refractivity contribution in [1.82, 2.24) is 16.2 Å². The number of hydrogen-bond acceptors (Lipinski definition) is 4. The van der Waals surface area contributed by atoms with E-state index in [9.17, 15) is 9.59 Å². The van der Waals surface area contributed by atoms with E-state index in [-0.39, 0.29) is 11.0 Å². The predicted molar refractivity (Wildman–Crippen MR) is 113 cm³/mol. The lowest BCUT2D eigenvalue weighted by molar-refractivity contribution is -0.121. The molecule has 0 fully saturated rings. The Kier molecular flexibility index (Phi) is 8.94. The maximum atomic E-state index is 12.4. The van der Waals surface area contributed by atoms with Crippen LogP contribution in [0, 0.1) is 0 Å². The van der Waals surface area contributed by atoms with Crippen molar-refractivity contribution in [3.8, 4) is 5.75 Å². The number of rotatable bonds is 8. The molecular weight excluding hydrogens is 374 g/mol. The third-order valence-corrected chi connectivity index (χ3v) is 4.12. The van der Waals surface area contributed by atoms with Crippen LogP contribution in [0.2, 0.25) is 0 Å². The molecule has 2 rings (SSSR count). The fourth-order valence-electron chi connectivity index (χ4n) is 2.40. The molecule has 6 nitrogen and oxygen atoms in total. The fraction of sp³-hybridized carbons (Fsp3) is 0.286. The SMILES string of the molecule is CCCCOc1ccccc1C(=O)NC(=S)NNC(=O)CCc1ccccc1. The van der Waals surface area contributed by atoms with Crippen LogP contribution in [0.25, 0.3) is 0 Å². The van der Waals surface area contributed by atoms with Crippen molar-refractivity contribution in [2.75, 3.05) is 6.61 Å². The van der Waals surface area contributed by atoms with Gasteiger partial charge in [-0.25, -0.2) is 0 Å². The van der Waals surface area contributed by atoms with Crippen LogP contribution in [0.15, 0.2) is 54.6 Å². The Morgan fingerprint density at radius 1 is 1.00 bits per heavy atom. The van der Waals surface area contributed by atoms with Gasteiger partial charge in [-0.1, -0.05) is 55.8 Å². The largest absolute Gasteiger partial charge is 0.493 e. The van der Waals surface area contributed by atoms with Gasteiger partial charge < -0.3 is 4.74 Å². The lowest BCUT2D eigenvalue weighted by Crippen LogP contribution is -2.48. The third kappa shape index (κ3) is 7.36. The summed E-state index contributed by atoms with van der Waals surface area (Å²) in [6, 6.07) is 16.7. The molecule has 2 aromatic rings. The summed E-state index contributed by atoms with van der Waals surface area (Å²) in [6.07, 6.45) is 2.84. The van der Waals surface area contributed by atoms with Crippen LogP contribution in [-0.4, -0.2) is 23.5 Å². The molecule has 0 spiro atoms. The number of amides is 2. The Bertz CT molecular complexity index is 796. The van der Waals surface area contributed by atoms with Crippen molar-refractivity contribution in [3.05, 3.63) is 65.7 Å². The van der Waals surface area contributed by atoms with E-state index in [1.165, 1.54) is 0 Å². The van der Waals surface area contributed by atoms with Crippen molar-refractivity contribution in [1.29, 1.82) is 0 Å². The zero-order valence-electron chi connectivity index (χ0n) is 15.9. The lowest BCUT2D eigenvalue weighted by atomic mass is 10.1. The number of aryl methyl sites for hydroxylation is 1. The Morgan fingerprint density at radius 3 is 2.46 bits per heavy atom. The van der Waals surface area contributed by atoms with Crippen LogP contribution in [0.1, 0.15) is 42.1 Å². The number of carbonyl (C=O) groups is 2. The number of thiocarbonyl (C=S) groups is 1. The molecule has 28 heavy (non-hydrogen) atoms. The molecule has 2 amide bonds. The molecule has 0 aliphatic rings. The van der Waals surface area contributed by atoms with Crippen LogP contribution in [-0.2, 0) is 11.2 Å². The number of hydrogen-bond donors (Lipinski definition) is 3. The summed E-state index contributed by atoms with van der Waals surface area (Å²) in [5.74, 6) is -0.116. The van der Waals surface area contributed by atoms with Crippen molar-refractivity contribution in [3.63, 3.8) is 0 Å². The van der Waals surface area contributed by atoms with E-state index in [0.717, 1.165) is 18.4 Å². The zero-order chi connectivity index (χ0) is 20.2. The quantitative estimate of drug-likeness (QED) is 0.361. The van der Waals surface area contributed by atoms with Gasteiger partial charge in [0.1, 0.15) is 5.75 Å². The number of nitrogens with one attached hydrogen (secondary N) is 3. The first kappa shape index (κ1) is 21.4. The standard InChI is InChI=1S/C21H25N3O3S/c1-2-3-15-27-18-12-8-7-11-17(18)20(26)22-21(28)24-23-19(25)14-13-16-9-5-4-6-10-16/h4-12H,2-3,13-15H2,1H3,(H,23,25)(H2,22,24,26,28). The second-order valence-corrected chi connectivity index (χ2v) is 6.55. The Balaban J connectivity index is 1.78. The first-order valence-electron chi connectivity index (χ1n) is 9.26. The molecule has 0 saturated heterocycles. The minimum Gasteiger partial charge on any atom is -0.493 e. The number of carbonyl (C=O) groups excluding carboxylic acids is 2. The first-order valence-corrected chi connectivity index (χ1v) is 9.67. The Labute approximate surface area is 170 Å². The van der Waals surface area contributed by atoms with Crippen LogP contribution in [0.3, 0.4) is 0 Å². The number of benzene rings is 2. The normalized spacial score (nSPS) is 10.0. The van der Waals surface area contributed by atoms with Crippen molar-refractivity contribution in [2.24, 2.45) is 0 Å². The van der Waals surface area contributed by atoms with E-state index >= 15 is 0 Å². The fourth-order valence-corrected chi connectivity index (χ4v) is 2.54. The van der Waals surface area contributed by atoms with Gasteiger partial charge in [0.25, 0.3) is 5.91 Å². The van der Waals surface area contributed by atoms with E-state index in [4.69, 9.17) is 17.0 Å². The van der Waals surface area contributed by atoms with Gasteiger partial charge in [-0.3, -0.25) is 25.8 Å². The summed E-state index contributed by atoms with van der Waals surface area (Å²) in [4.78, 5) is 24.3. The molecule has 0 unspecified atom stereocenters. The highest BCUT2D eigenvalue weighted by Crippen LogP contribution is 2.18. The summed E-state index contributed by atoms with van der Waals surface area (Å²) >= 11 is 5.08. The zero-order valence-corrected chi connectivity index (χ0v) is 16.7.